The molecule has 1 saturated heterocycles. The number of carbonyl (C=O) groups is 1. The number of nitrogens with one attached hydrogen (secondary N) is 1. The highest BCUT2D eigenvalue weighted by molar-refractivity contribution is 5.81. The number of hydrogen-bond donors (Lipinski definition) is 5. The van der Waals surface area contributed by atoms with E-state index in [9.17, 15) is 20.1 Å². The molecule has 8 nitrogen and oxygen atoms in total. The van der Waals surface area contributed by atoms with Crippen LogP contribution in [-0.2, 0) is 14.3 Å². The number of carbonyl (C=O) groups excluding carboxylic acids is 1. The molecule has 0 aliphatic carbocycles. The van der Waals surface area contributed by atoms with Crippen molar-refractivity contribution in [3.05, 3.63) is 0 Å². The van der Waals surface area contributed by atoms with Crippen molar-refractivity contribution in [2.24, 2.45) is 0 Å². The average molecular weight is 279 g/mol. The molecule has 19 heavy (non-hydrogen) atoms. The van der Waals surface area contributed by atoms with Gasteiger partial charge in [0.1, 0.15) is 30.2 Å². The molecule has 1 aliphatic heterocycles. The zero-order chi connectivity index (χ0) is 14.6. The Labute approximate surface area is 110 Å². The molecule has 112 valence electrons. The van der Waals surface area contributed by atoms with Gasteiger partial charge in [0.2, 0.25) is 0 Å². The van der Waals surface area contributed by atoms with Gasteiger partial charge in [0, 0.05) is 0 Å². The highest BCUT2D eigenvalue weighted by Gasteiger charge is 2.44. The van der Waals surface area contributed by atoms with E-state index in [4.69, 9.17) is 14.6 Å². The lowest BCUT2D eigenvalue weighted by atomic mass is 9.99. The summed E-state index contributed by atoms with van der Waals surface area (Å²) in [5, 5.41) is 40.5. The molecule has 0 spiro atoms. The molecular weight excluding hydrogens is 258 g/mol. The predicted octanol–water partition coefficient (Wildman–Crippen LogP) is -3.02. The van der Waals surface area contributed by atoms with Gasteiger partial charge in [-0.1, -0.05) is 0 Å². The molecule has 0 unspecified atom stereocenters. The van der Waals surface area contributed by atoms with Crippen LogP contribution in [0.3, 0.4) is 0 Å². The fourth-order valence-electron chi connectivity index (χ4n) is 1.80. The Balaban J connectivity index is 2.59. The van der Waals surface area contributed by atoms with Gasteiger partial charge in [0.25, 0.3) is 0 Å². The Morgan fingerprint density at radius 2 is 1.95 bits per heavy atom. The van der Waals surface area contributed by atoms with Crippen molar-refractivity contribution in [1.82, 2.24) is 5.32 Å². The number of hydrogen-bond acceptors (Lipinski definition) is 8. The maximum atomic E-state index is 11.2. The Morgan fingerprint density at radius 3 is 2.42 bits per heavy atom. The summed E-state index contributed by atoms with van der Waals surface area (Å²) in [6.07, 6.45) is -6.60. The first-order chi connectivity index (χ1) is 8.92. The van der Waals surface area contributed by atoms with Crippen LogP contribution in [-0.4, -0.2) is 83.2 Å². The lowest BCUT2D eigenvalue weighted by Gasteiger charge is -2.39. The molecule has 1 rings (SSSR count). The molecule has 0 aromatic heterocycles. The monoisotopic (exact) mass is 279 g/mol. The van der Waals surface area contributed by atoms with Crippen LogP contribution in [0.5, 0.6) is 0 Å². The number of aliphatic hydroxyl groups excluding tert-OH is 4. The summed E-state index contributed by atoms with van der Waals surface area (Å²) in [5.41, 5.74) is 0. The average Bonchev–Trinajstić information content (AvgIpc) is 2.38. The van der Waals surface area contributed by atoms with E-state index in [-0.39, 0.29) is 12.4 Å². The second-order valence-corrected chi connectivity index (χ2v) is 4.48. The highest BCUT2D eigenvalue weighted by atomic mass is 16.7. The quantitative estimate of drug-likeness (QED) is 0.347. The molecule has 0 aromatic carbocycles. The van der Waals surface area contributed by atoms with Crippen molar-refractivity contribution in [1.29, 1.82) is 0 Å². The molecule has 0 amide bonds. The third-order valence-electron chi connectivity index (χ3n) is 3.11. The third kappa shape index (κ3) is 3.93. The minimum Gasteiger partial charge on any atom is -0.394 e. The molecule has 6 atom stereocenters. The van der Waals surface area contributed by atoms with E-state index in [1.807, 2.05) is 0 Å². The van der Waals surface area contributed by atoms with Crippen molar-refractivity contribution < 1.29 is 34.7 Å². The second-order valence-electron chi connectivity index (χ2n) is 4.48. The minimum absolute atomic E-state index is 0.0610. The summed E-state index contributed by atoms with van der Waals surface area (Å²) in [6, 6.07) is -0.563. The SMILES string of the molecule is CN[C@@H](CO[C@H]1O[C@H](CO)[C@@H](O)[C@H](O)[C@H]1O)C(C)=O. The van der Waals surface area contributed by atoms with Crippen LogP contribution in [0.25, 0.3) is 0 Å². The van der Waals surface area contributed by atoms with E-state index in [1.54, 1.807) is 7.05 Å². The highest BCUT2D eigenvalue weighted by Crippen LogP contribution is 2.21. The first-order valence-electron chi connectivity index (χ1n) is 6.02. The van der Waals surface area contributed by atoms with E-state index < -0.39 is 43.4 Å². The predicted molar refractivity (Wildman–Crippen MR) is 63.2 cm³/mol. The van der Waals surface area contributed by atoms with Gasteiger partial charge in [-0.3, -0.25) is 4.79 Å². The Morgan fingerprint density at radius 1 is 1.32 bits per heavy atom. The Hall–Kier alpha value is -0.610. The first-order valence-corrected chi connectivity index (χ1v) is 6.02. The van der Waals surface area contributed by atoms with E-state index in [0.29, 0.717) is 0 Å². The van der Waals surface area contributed by atoms with Crippen LogP contribution in [0.15, 0.2) is 0 Å². The fourth-order valence-corrected chi connectivity index (χ4v) is 1.80. The largest absolute Gasteiger partial charge is 0.394 e. The van der Waals surface area contributed by atoms with Crippen LogP contribution in [0, 0.1) is 0 Å². The lowest BCUT2D eigenvalue weighted by Crippen LogP contribution is -2.59. The molecule has 0 radical (unpaired) electrons. The number of aliphatic hydroxyl groups is 4. The van der Waals surface area contributed by atoms with E-state index in [1.165, 1.54) is 6.92 Å². The molecular formula is C11H21NO7. The lowest BCUT2D eigenvalue weighted by molar-refractivity contribution is -0.301. The maximum absolute atomic E-state index is 11.2. The topological polar surface area (TPSA) is 128 Å². The Kier molecular flexibility index (Phi) is 6.27. The number of likely N-dealkylation sites (N-methyl/N-ethyl adjacent to an activating group) is 1. The molecule has 1 aliphatic rings. The molecule has 5 N–H and O–H groups in total. The van der Waals surface area contributed by atoms with Crippen LogP contribution >= 0.6 is 0 Å². The van der Waals surface area contributed by atoms with Gasteiger partial charge in [0.05, 0.1) is 19.3 Å². The zero-order valence-corrected chi connectivity index (χ0v) is 10.9. The fraction of sp³-hybridized carbons (Fsp3) is 0.909. The second kappa shape index (κ2) is 7.25. The van der Waals surface area contributed by atoms with Crippen LogP contribution in [0.4, 0.5) is 0 Å². The minimum atomic E-state index is -1.48. The van der Waals surface area contributed by atoms with Crippen LogP contribution in [0.1, 0.15) is 6.92 Å². The number of ether oxygens (including phenoxy) is 2. The summed E-state index contributed by atoms with van der Waals surface area (Å²) >= 11 is 0. The standard InChI is InChI=1S/C11H21NO7/c1-5(14)6(12-2)4-18-11-10(17)9(16)8(15)7(3-13)19-11/h6-13,15-17H,3-4H2,1-2H3/t6-,7+,8+,9-,10+,11-/m0/s1. The molecule has 0 aromatic rings. The van der Waals surface area contributed by atoms with Crippen LogP contribution < -0.4 is 5.32 Å². The van der Waals surface area contributed by atoms with Gasteiger partial charge in [-0.2, -0.15) is 0 Å². The number of ketones is 1. The van der Waals surface area contributed by atoms with Gasteiger partial charge in [-0.15, -0.1) is 0 Å². The van der Waals surface area contributed by atoms with Gasteiger partial charge in [-0.25, -0.2) is 0 Å². The summed E-state index contributed by atoms with van der Waals surface area (Å²) in [7, 11) is 1.59. The smallest absolute Gasteiger partial charge is 0.186 e. The first kappa shape index (κ1) is 16.4. The van der Waals surface area contributed by atoms with E-state index in [0.717, 1.165) is 0 Å². The van der Waals surface area contributed by atoms with Crippen molar-refractivity contribution in [3.63, 3.8) is 0 Å². The maximum Gasteiger partial charge on any atom is 0.186 e. The molecule has 8 heteroatoms. The summed E-state index contributed by atoms with van der Waals surface area (Å²) in [5.74, 6) is -0.146. The van der Waals surface area contributed by atoms with Gasteiger partial charge in [-0.05, 0) is 14.0 Å². The molecule has 0 bridgehead atoms. The number of rotatable bonds is 6. The van der Waals surface area contributed by atoms with Gasteiger partial charge < -0.3 is 35.2 Å². The van der Waals surface area contributed by atoms with E-state index in [2.05, 4.69) is 5.32 Å². The summed E-state index contributed by atoms with van der Waals surface area (Å²) in [6.45, 7) is 0.805. The molecule has 1 heterocycles. The van der Waals surface area contributed by atoms with Crippen molar-refractivity contribution >= 4 is 5.78 Å². The summed E-state index contributed by atoms with van der Waals surface area (Å²) in [4.78, 5) is 11.2. The Bertz CT molecular complexity index is 299. The van der Waals surface area contributed by atoms with Crippen molar-refractivity contribution in [2.45, 2.75) is 43.7 Å². The molecule has 0 saturated carbocycles. The van der Waals surface area contributed by atoms with Crippen molar-refractivity contribution in [3.8, 4) is 0 Å². The van der Waals surface area contributed by atoms with Crippen molar-refractivity contribution in [2.75, 3.05) is 20.3 Å². The summed E-state index contributed by atoms with van der Waals surface area (Å²) < 4.78 is 10.4. The van der Waals surface area contributed by atoms with Crippen LogP contribution in [0.2, 0.25) is 0 Å². The normalized spacial score (nSPS) is 37.1. The zero-order valence-electron chi connectivity index (χ0n) is 10.9. The number of Topliss-reactive ketones (excluding diaryl/α,β-unsaturated/α-hetero) is 1. The molecule has 1 fully saturated rings. The third-order valence-corrected chi connectivity index (χ3v) is 3.11. The van der Waals surface area contributed by atoms with E-state index >= 15 is 0 Å². The van der Waals surface area contributed by atoms with Gasteiger partial charge >= 0.3 is 0 Å². The van der Waals surface area contributed by atoms with Gasteiger partial charge in [0.15, 0.2) is 6.29 Å².